The van der Waals surface area contributed by atoms with Gasteiger partial charge < -0.3 is 15.4 Å². The summed E-state index contributed by atoms with van der Waals surface area (Å²) in [5.74, 6) is 0.484. The first-order chi connectivity index (χ1) is 12.1. The fourth-order valence-corrected chi connectivity index (χ4v) is 2.72. The molecule has 1 aliphatic rings. The summed E-state index contributed by atoms with van der Waals surface area (Å²) in [5.41, 5.74) is 3.68. The van der Waals surface area contributed by atoms with Gasteiger partial charge in [0.05, 0.1) is 18.7 Å². The Kier molecular flexibility index (Phi) is 5.33. The molecule has 5 nitrogen and oxygen atoms in total. The molecule has 0 bridgehead atoms. The number of nitrogens with one attached hydrogen (secondary N) is 2. The zero-order valence-electron chi connectivity index (χ0n) is 14.3. The Morgan fingerprint density at radius 2 is 1.92 bits per heavy atom. The second kappa shape index (κ2) is 7.83. The van der Waals surface area contributed by atoms with Crippen LogP contribution < -0.4 is 15.4 Å². The number of anilines is 2. The molecular weight excluding hydrogens is 316 g/mol. The maximum atomic E-state index is 12.2. The Balaban J connectivity index is 1.58. The standard InChI is InChI=1S/C20H22N2O3/c1-2-14-3-5-15(6-4-14)7-10-19(23)21-16-8-9-18-17(13-16)22-20(24)11-12-25-18/h3-6,8-9,13H,2,7,10-12H2,1H3,(H,21,23)(H,22,24). The molecule has 2 aromatic rings. The molecule has 0 saturated carbocycles. The highest BCUT2D eigenvalue weighted by atomic mass is 16.5. The molecule has 25 heavy (non-hydrogen) atoms. The SMILES string of the molecule is CCc1ccc(CCC(=O)Nc2ccc3c(c2)NC(=O)CCO3)cc1. The number of hydrogen-bond acceptors (Lipinski definition) is 3. The van der Waals surface area contributed by atoms with Crippen molar-refractivity contribution in [2.24, 2.45) is 0 Å². The van der Waals surface area contributed by atoms with Crippen molar-refractivity contribution >= 4 is 23.2 Å². The summed E-state index contributed by atoms with van der Waals surface area (Å²) in [6.07, 6.45) is 2.44. The van der Waals surface area contributed by atoms with Gasteiger partial charge in [0.2, 0.25) is 11.8 Å². The molecule has 5 heteroatoms. The van der Waals surface area contributed by atoms with Crippen LogP contribution in [0.1, 0.15) is 30.9 Å². The van der Waals surface area contributed by atoms with Gasteiger partial charge >= 0.3 is 0 Å². The summed E-state index contributed by atoms with van der Waals surface area (Å²) >= 11 is 0. The van der Waals surface area contributed by atoms with E-state index in [2.05, 4.69) is 41.8 Å². The van der Waals surface area contributed by atoms with Crippen molar-refractivity contribution in [1.29, 1.82) is 0 Å². The Morgan fingerprint density at radius 3 is 2.68 bits per heavy atom. The summed E-state index contributed by atoms with van der Waals surface area (Å²) in [7, 11) is 0. The van der Waals surface area contributed by atoms with Crippen molar-refractivity contribution in [1.82, 2.24) is 0 Å². The summed E-state index contributed by atoms with van der Waals surface area (Å²) in [6.45, 7) is 2.48. The van der Waals surface area contributed by atoms with Crippen LogP contribution in [0.15, 0.2) is 42.5 Å². The molecule has 0 aromatic heterocycles. The molecular formula is C20H22N2O3. The highest BCUT2D eigenvalue weighted by Crippen LogP contribution is 2.30. The van der Waals surface area contributed by atoms with Crippen LogP contribution in [0, 0.1) is 0 Å². The second-order valence-electron chi connectivity index (χ2n) is 6.08. The highest BCUT2D eigenvalue weighted by Gasteiger charge is 2.14. The first kappa shape index (κ1) is 17.0. The van der Waals surface area contributed by atoms with E-state index in [1.807, 2.05) is 0 Å². The van der Waals surface area contributed by atoms with Crippen LogP contribution >= 0.6 is 0 Å². The van der Waals surface area contributed by atoms with Crippen LogP contribution in [0.25, 0.3) is 0 Å². The predicted molar refractivity (Wildman–Crippen MR) is 98.0 cm³/mol. The lowest BCUT2D eigenvalue weighted by atomic mass is 10.1. The van der Waals surface area contributed by atoms with Crippen LogP contribution in [-0.4, -0.2) is 18.4 Å². The van der Waals surface area contributed by atoms with Crippen LogP contribution in [0.3, 0.4) is 0 Å². The summed E-state index contributed by atoms with van der Waals surface area (Å²) in [4.78, 5) is 23.8. The van der Waals surface area contributed by atoms with E-state index in [9.17, 15) is 9.59 Å². The quantitative estimate of drug-likeness (QED) is 0.876. The van der Waals surface area contributed by atoms with Crippen LogP contribution in [0.2, 0.25) is 0 Å². The lowest BCUT2D eigenvalue weighted by Crippen LogP contribution is -2.13. The number of amides is 2. The average molecular weight is 338 g/mol. The molecule has 0 saturated heterocycles. The van der Waals surface area contributed by atoms with E-state index in [1.54, 1.807) is 18.2 Å². The minimum atomic E-state index is -0.0854. The number of fused-ring (bicyclic) bond motifs is 1. The predicted octanol–water partition coefficient (Wildman–Crippen LogP) is 3.54. The molecule has 0 spiro atoms. The number of ether oxygens (including phenoxy) is 1. The van der Waals surface area contributed by atoms with Gasteiger partial charge in [-0.3, -0.25) is 9.59 Å². The third kappa shape index (κ3) is 4.59. The fourth-order valence-electron chi connectivity index (χ4n) is 2.72. The van der Waals surface area contributed by atoms with Gasteiger partial charge in [0.15, 0.2) is 0 Å². The molecule has 130 valence electrons. The lowest BCUT2D eigenvalue weighted by molar-refractivity contribution is -0.117. The highest BCUT2D eigenvalue weighted by molar-refractivity contribution is 5.96. The maximum absolute atomic E-state index is 12.2. The Morgan fingerprint density at radius 1 is 1.16 bits per heavy atom. The Hall–Kier alpha value is -2.82. The van der Waals surface area contributed by atoms with Crippen LogP contribution in [0.5, 0.6) is 5.75 Å². The van der Waals surface area contributed by atoms with Gasteiger partial charge in [-0.15, -0.1) is 0 Å². The largest absolute Gasteiger partial charge is 0.491 e. The summed E-state index contributed by atoms with van der Waals surface area (Å²) in [6, 6.07) is 13.6. The number of rotatable bonds is 5. The maximum Gasteiger partial charge on any atom is 0.227 e. The molecule has 2 aromatic carbocycles. The fraction of sp³-hybridized carbons (Fsp3) is 0.300. The number of carbonyl (C=O) groups is 2. The molecule has 2 amide bonds. The van der Waals surface area contributed by atoms with E-state index in [4.69, 9.17) is 4.74 Å². The van der Waals surface area contributed by atoms with Gasteiger partial charge in [-0.1, -0.05) is 31.2 Å². The van der Waals surface area contributed by atoms with Gasteiger partial charge in [0, 0.05) is 12.1 Å². The summed E-state index contributed by atoms with van der Waals surface area (Å²) in [5, 5.41) is 5.66. The number of hydrogen-bond donors (Lipinski definition) is 2. The van der Waals surface area contributed by atoms with E-state index in [0.29, 0.717) is 43.0 Å². The molecule has 0 unspecified atom stereocenters. The number of aryl methyl sites for hydroxylation is 2. The minimum absolute atomic E-state index is 0.0552. The van der Waals surface area contributed by atoms with Gasteiger partial charge in [-0.25, -0.2) is 0 Å². The van der Waals surface area contributed by atoms with Crippen molar-refractivity contribution in [3.8, 4) is 5.75 Å². The molecule has 0 aliphatic carbocycles. The minimum Gasteiger partial charge on any atom is -0.491 e. The average Bonchev–Trinajstić information content (AvgIpc) is 2.80. The van der Waals surface area contributed by atoms with Crippen LogP contribution in [0.4, 0.5) is 11.4 Å². The van der Waals surface area contributed by atoms with Gasteiger partial charge in [0.1, 0.15) is 5.75 Å². The van der Waals surface area contributed by atoms with Crippen molar-refractivity contribution in [2.75, 3.05) is 17.2 Å². The monoisotopic (exact) mass is 338 g/mol. The second-order valence-corrected chi connectivity index (χ2v) is 6.08. The Bertz CT molecular complexity index is 769. The van der Waals surface area contributed by atoms with Crippen LogP contribution in [-0.2, 0) is 22.4 Å². The molecule has 1 aliphatic heterocycles. The molecule has 2 N–H and O–H groups in total. The molecule has 0 radical (unpaired) electrons. The third-order valence-electron chi connectivity index (χ3n) is 4.20. The number of carbonyl (C=O) groups excluding carboxylic acids is 2. The van der Waals surface area contributed by atoms with Gasteiger partial charge in [-0.05, 0) is 42.2 Å². The first-order valence-electron chi connectivity index (χ1n) is 8.58. The molecule has 0 fully saturated rings. The third-order valence-corrected chi connectivity index (χ3v) is 4.20. The zero-order chi connectivity index (χ0) is 17.6. The normalized spacial score (nSPS) is 13.2. The van der Waals surface area contributed by atoms with E-state index >= 15 is 0 Å². The zero-order valence-corrected chi connectivity index (χ0v) is 14.3. The molecule has 1 heterocycles. The molecule has 3 rings (SSSR count). The van der Waals surface area contributed by atoms with Gasteiger partial charge in [0.25, 0.3) is 0 Å². The van der Waals surface area contributed by atoms with Crippen molar-refractivity contribution in [3.05, 3.63) is 53.6 Å². The van der Waals surface area contributed by atoms with Crippen molar-refractivity contribution in [2.45, 2.75) is 32.6 Å². The lowest BCUT2D eigenvalue weighted by Gasteiger charge is -2.10. The van der Waals surface area contributed by atoms with Crippen molar-refractivity contribution in [3.63, 3.8) is 0 Å². The van der Waals surface area contributed by atoms with Crippen molar-refractivity contribution < 1.29 is 14.3 Å². The van der Waals surface area contributed by atoms with E-state index in [-0.39, 0.29) is 11.8 Å². The smallest absolute Gasteiger partial charge is 0.227 e. The topological polar surface area (TPSA) is 67.4 Å². The van der Waals surface area contributed by atoms with E-state index < -0.39 is 0 Å². The number of benzene rings is 2. The first-order valence-corrected chi connectivity index (χ1v) is 8.58. The van der Waals surface area contributed by atoms with Gasteiger partial charge in [-0.2, -0.15) is 0 Å². The molecule has 0 atom stereocenters. The van der Waals surface area contributed by atoms with E-state index in [1.165, 1.54) is 5.56 Å². The Labute approximate surface area is 147 Å². The van der Waals surface area contributed by atoms with E-state index in [0.717, 1.165) is 12.0 Å². The summed E-state index contributed by atoms with van der Waals surface area (Å²) < 4.78 is 5.51.